The van der Waals surface area contributed by atoms with E-state index < -0.39 is 0 Å². The van der Waals surface area contributed by atoms with Crippen molar-refractivity contribution >= 4 is 23.5 Å². The van der Waals surface area contributed by atoms with Crippen molar-refractivity contribution in [3.63, 3.8) is 0 Å². The molecule has 2 aromatic rings. The molecule has 0 unspecified atom stereocenters. The molecule has 1 aliphatic rings. The normalized spacial score (nSPS) is 17.0. The van der Waals surface area contributed by atoms with Gasteiger partial charge in [-0.2, -0.15) is 4.98 Å². The second-order valence-corrected chi connectivity index (χ2v) is 6.89. The largest absolute Gasteiger partial charge is 0.466 e. The number of aromatic nitrogens is 2. The van der Waals surface area contributed by atoms with Gasteiger partial charge in [-0.1, -0.05) is 16.8 Å². The fourth-order valence-electron chi connectivity index (χ4n) is 3.10. The Morgan fingerprint density at radius 3 is 2.85 bits per heavy atom. The highest BCUT2D eigenvalue weighted by Gasteiger charge is 2.29. The molecule has 27 heavy (non-hydrogen) atoms. The van der Waals surface area contributed by atoms with Crippen molar-refractivity contribution in [1.29, 1.82) is 0 Å². The lowest BCUT2D eigenvalue weighted by Crippen LogP contribution is -2.42. The third kappa shape index (κ3) is 5.07. The van der Waals surface area contributed by atoms with Crippen molar-refractivity contribution in [2.75, 3.05) is 19.7 Å². The Morgan fingerprint density at radius 1 is 1.33 bits per heavy atom. The molecule has 1 aliphatic heterocycles. The van der Waals surface area contributed by atoms with Crippen LogP contribution in [0.4, 0.5) is 0 Å². The molecule has 0 N–H and O–H groups in total. The van der Waals surface area contributed by atoms with Gasteiger partial charge in [0, 0.05) is 36.5 Å². The molecule has 1 amide bonds. The Hall–Kier alpha value is -2.41. The number of amides is 1. The van der Waals surface area contributed by atoms with Gasteiger partial charge in [0.1, 0.15) is 0 Å². The number of rotatable bonds is 6. The number of esters is 1. The van der Waals surface area contributed by atoms with Gasteiger partial charge >= 0.3 is 5.97 Å². The number of piperidine rings is 1. The summed E-state index contributed by atoms with van der Waals surface area (Å²) in [5.74, 6) is 0.402. The SMILES string of the molecule is CCOC(=O)[C@H]1CCCN(C(=O)CCc2nc(-c3ccc(Cl)cc3)no2)C1. The number of hydrogen-bond donors (Lipinski definition) is 0. The van der Waals surface area contributed by atoms with Crippen molar-refractivity contribution in [3.8, 4) is 11.4 Å². The average Bonchev–Trinajstić information content (AvgIpc) is 3.16. The van der Waals surface area contributed by atoms with E-state index in [0.717, 1.165) is 18.4 Å². The molecule has 7 nitrogen and oxygen atoms in total. The fourth-order valence-corrected chi connectivity index (χ4v) is 3.23. The van der Waals surface area contributed by atoms with E-state index in [1.165, 1.54) is 0 Å². The molecule has 8 heteroatoms. The predicted molar refractivity (Wildman–Crippen MR) is 99.0 cm³/mol. The summed E-state index contributed by atoms with van der Waals surface area (Å²) in [7, 11) is 0. The van der Waals surface area contributed by atoms with E-state index in [-0.39, 0.29) is 24.2 Å². The highest BCUT2D eigenvalue weighted by molar-refractivity contribution is 6.30. The first-order valence-electron chi connectivity index (χ1n) is 9.09. The minimum atomic E-state index is -0.234. The highest BCUT2D eigenvalue weighted by Crippen LogP contribution is 2.21. The van der Waals surface area contributed by atoms with Crippen LogP contribution in [0.3, 0.4) is 0 Å². The average molecular weight is 392 g/mol. The number of hydrogen-bond acceptors (Lipinski definition) is 6. The summed E-state index contributed by atoms with van der Waals surface area (Å²) >= 11 is 5.87. The molecule has 1 fully saturated rings. The first-order chi connectivity index (χ1) is 13.1. The lowest BCUT2D eigenvalue weighted by molar-refractivity contribution is -0.151. The Labute approximate surface area is 162 Å². The summed E-state index contributed by atoms with van der Waals surface area (Å²) in [6.07, 6.45) is 2.19. The number of ether oxygens (including phenoxy) is 1. The van der Waals surface area contributed by atoms with Crippen molar-refractivity contribution in [2.24, 2.45) is 5.92 Å². The van der Waals surface area contributed by atoms with E-state index in [0.29, 0.717) is 42.9 Å². The summed E-state index contributed by atoms with van der Waals surface area (Å²) in [5.41, 5.74) is 0.800. The number of benzene rings is 1. The maximum atomic E-state index is 12.5. The number of aryl methyl sites for hydroxylation is 1. The van der Waals surface area contributed by atoms with Gasteiger partial charge in [-0.15, -0.1) is 0 Å². The summed E-state index contributed by atoms with van der Waals surface area (Å²) in [4.78, 5) is 30.4. The summed E-state index contributed by atoms with van der Waals surface area (Å²) in [6, 6.07) is 7.14. The molecule has 1 atom stereocenters. The molecular weight excluding hydrogens is 370 g/mol. The maximum Gasteiger partial charge on any atom is 0.310 e. The van der Waals surface area contributed by atoms with Crippen LogP contribution in [0.25, 0.3) is 11.4 Å². The fraction of sp³-hybridized carbons (Fsp3) is 0.474. The minimum absolute atomic E-state index is 0.0183. The number of carbonyl (C=O) groups excluding carboxylic acids is 2. The second kappa shape index (κ2) is 8.99. The van der Waals surface area contributed by atoms with Crippen molar-refractivity contribution < 1.29 is 18.8 Å². The Morgan fingerprint density at radius 2 is 2.11 bits per heavy atom. The third-order valence-electron chi connectivity index (χ3n) is 4.52. The van der Waals surface area contributed by atoms with Gasteiger partial charge < -0.3 is 14.2 Å². The lowest BCUT2D eigenvalue weighted by atomic mass is 9.98. The predicted octanol–water partition coefficient (Wildman–Crippen LogP) is 3.12. The van der Waals surface area contributed by atoms with Crippen LogP contribution in [0.15, 0.2) is 28.8 Å². The number of nitrogens with zero attached hydrogens (tertiary/aromatic N) is 3. The first kappa shape index (κ1) is 19.4. The number of carbonyl (C=O) groups is 2. The summed E-state index contributed by atoms with van der Waals surface area (Å²) < 4.78 is 10.3. The molecule has 0 saturated carbocycles. The summed E-state index contributed by atoms with van der Waals surface area (Å²) in [5, 5.41) is 4.58. The van der Waals surface area contributed by atoms with Gasteiger partial charge in [-0.05, 0) is 44.0 Å². The van der Waals surface area contributed by atoms with Crippen LogP contribution in [0.1, 0.15) is 32.1 Å². The molecule has 3 rings (SSSR count). The summed E-state index contributed by atoms with van der Waals surface area (Å²) in [6.45, 7) is 3.22. The zero-order chi connectivity index (χ0) is 19.2. The molecule has 1 saturated heterocycles. The zero-order valence-electron chi connectivity index (χ0n) is 15.2. The van der Waals surface area contributed by atoms with Gasteiger partial charge in [-0.25, -0.2) is 0 Å². The van der Waals surface area contributed by atoms with E-state index in [4.69, 9.17) is 20.9 Å². The van der Waals surface area contributed by atoms with Crippen LogP contribution >= 0.6 is 11.6 Å². The molecule has 0 radical (unpaired) electrons. The number of halogens is 1. The molecule has 0 aliphatic carbocycles. The third-order valence-corrected chi connectivity index (χ3v) is 4.77. The molecular formula is C19H22ClN3O4. The highest BCUT2D eigenvalue weighted by atomic mass is 35.5. The monoisotopic (exact) mass is 391 g/mol. The van der Waals surface area contributed by atoms with Crippen LogP contribution in [0.2, 0.25) is 5.02 Å². The van der Waals surface area contributed by atoms with Crippen molar-refractivity contribution in [1.82, 2.24) is 15.0 Å². The van der Waals surface area contributed by atoms with Crippen molar-refractivity contribution in [2.45, 2.75) is 32.6 Å². The molecule has 0 spiro atoms. The second-order valence-electron chi connectivity index (χ2n) is 6.45. The Kier molecular flexibility index (Phi) is 6.45. The Bertz CT molecular complexity index is 791. The lowest BCUT2D eigenvalue weighted by Gasteiger charge is -2.31. The van der Waals surface area contributed by atoms with Gasteiger partial charge in [-0.3, -0.25) is 9.59 Å². The van der Waals surface area contributed by atoms with E-state index >= 15 is 0 Å². The van der Waals surface area contributed by atoms with Crippen molar-refractivity contribution in [3.05, 3.63) is 35.2 Å². The zero-order valence-corrected chi connectivity index (χ0v) is 15.9. The van der Waals surface area contributed by atoms with Gasteiger partial charge in [0.05, 0.1) is 12.5 Å². The van der Waals surface area contributed by atoms with Crippen LogP contribution < -0.4 is 0 Å². The molecule has 144 valence electrons. The maximum absolute atomic E-state index is 12.5. The van der Waals surface area contributed by atoms with Crippen LogP contribution in [0, 0.1) is 5.92 Å². The van der Waals surface area contributed by atoms with Crippen LogP contribution in [-0.2, 0) is 20.7 Å². The molecule has 1 aromatic carbocycles. The standard InChI is InChI=1S/C19H22ClN3O4/c1-2-26-19(25)14-4-3-11-23(12-14)17(24)10-9-16-21-18(22-27-16)13-5-7-15(20)8-6-13/h5-8,14H,2-4,9-12H2,1H3/t14-/m0/s1. The van der Waals surface area contributed by atoms with Gasteiger partial charge in [0.2, 0.25) is 17.6 Å². The van der Waals surface area contributed by atoms with Crippen LogP contribution in [-0.4, -0.2) is 46.6 Å². The van der Waals surface area contributed by atoms with E-state index in [1.54, 1.807) is 24.0 Å². The quantitative estimate of drug-likeness (QED) is 0.703. The molecule has 1 aromatic heterocycles. The van der Waals surface area contributed by atoms with E-state index in [9.17, 15) is 9.59 Å². The Balaban J connectivity index is 1.53. The minimum Gasteiger partial charge on any atom is -0.466 e. The first-order valence-corrected chi connectivity index (χ1v) is 9.47. The smallest absolute Gasteiger partial charge is 0.310 e. The van der Waals surface area contributed by atoms with E-state index in [1.807, 2.05) is 12.1 Å². The topological polar surface area (TPSA) is 85.5 Å². The van der Waals surface area contributed by atoms with Crippen LogP contribution in [0.5, 0.6) is 0 Å². The van der Waals surface area contributed by atoms with Gasteiger partial charge in [0.15, 0.2) is 0 Å². The molecule has 0 bridgehead atoms. The van der Waals surface area contributed by atoms with E-state index in [2.05, 4.69) is 10.1 Å². The molecule has 2 heterocycles. The van der Waals surface area contributed by atoms with Gasteiger partial charge in [0.25, 0.3) is 0 Å². The number of likely N-dealkylation sites (tertiary alicyclic amines) is 1.